The van der Waals surface area contributed by atoms with Gasteiger partial charge in [0.2, 0.25) is 5.90 Å². The average Bonchev–Trinajstić information content (AvgIpc) is 3.73. The number of aliphatic imine (C=N–C) groups is 1. The Balaban J connectivity index is 0.000000238. The van der Waals surface area contributed by atoms with Gasteiger partial charge in [-0.15, -0.1) is 0 Å². The maximum atomic E-state index is 13.5. The summed E-state index contributed by atoms with van der Waals surface area (Å²) < 4.78 is 48.4. The van der Waals surface area contributed by atoms with Crippen LogP contribution in [0.2, 0.25) is 0 Å². The van der Waals surface area contributed by atoms with Crippen LogP contribution in [0.4, 0.5) is 14.5 Å². The summed E-state index contributed by atoms with van der Waals surface area (Å²) in [4.78, 5) is 12.3. The Bertz CT molecular complexity index is 2140. The minimum absolute atomic E-state index is 0.239. The summed E-state index contributed by atoms with van der Waals surface area (Å²) in [5.74, 6) is -0.0610. The van der Waals surface area contributed by atoms with E-state index < -0.39 is 16.4 Å². The molecule has 0 saturated carbocycles. The monoisotopic (exact) mass is 890 g/mol. The lowest BCUT2D eigenvalue weighted by atomic mass is 9.80. The summed E-state index contributed by atoms with van der Waals surface area (Å²) in [5.41, 5.74) is 4.13. The lowest BCUT2D eigenvalue weighted by Gasteiger charge is -2.32. The first kappa shape index (κ1) is 48.3. The minimum atomic E-state index is -3.22. The van der Waals surface area contributed by atoms with Gasteiger partial charge in [0.25, 0.3) is 0 Å². The lowest BCUT2D eigenvalue weighted by Crippen LogP contribution is -2.30. The minimum Gasteiger partial charge on any atom is -0.475 e. The standard InChI is InChI=1S/C24H31FN2O3.C20H21FN2O.Cl3OP/c1-23(2)16-30-22(26-23)17-6-11-21(18(14-17)15-28)24(29,12-5-13-27(3)4)19-7-9-20(25)10-8-19;1-22-18-9-10-19-15(13-18)14-24-20(19,11-4-12-23(2)3)16-5-7-17(21)8-6-16;1-5(2,3)4/h6-11,14,28-29H,5,12-13,15-16H2,1-4H3;5-10,13H,4,11-12,14H2,2-3H3;. The Hall–Kier alpha value is -3.40. The van der Waals surface area contributed by atoms with E-state index in [0.29, 0.717) is 47.9 Å². The second-order valence-electron chi connectivity index (χ2n) is 15.7. The number of hydrogen-bond donors (Lipinski definition) is 2. The van der Waals surface area contributed by atoms with E-state index >= 15 is 0 Å². The predicted octanol–water partition coefficient (Wildman–Crippen LogP) is 10.8. The second-order valence-corrected chi connectivity index (χ2v) is 22.3. The largest absolute Gasteiger partial charge is 0.475 e. The smallest absolute Gasteiger partial charge is 0.339 e. The molecule has 15 heteroatoms. The third-order valence-electron chi connectivity index (χ3n) is 9.97. The quantitative estimate of drug-likeness (QED) is 0.102. The number of fused-ring (bicyclic) bond motifs is 1. The van der Waals surface area contributed by atoms with Gasteiger partial charge in [-0.3, -0.25) is 4.57 Å². The van der Waals surface area contributed by atoms with Crippen LogP contribution in [0.25, 0.3) is 4.85 Å². The maximum absolute atomic E-state index is 13.5. The van der Waals surface area contributed by atoms with Crippen LogP contribution < -0.4 is 0 Å². The third kappa shape index (κ3) is 13.5. The molecule has 59 heavy (non-hydrogen) atoms. The van der Waals surface area contributed by atoms with E-state index in [1.54, 1.807) is 12.1 Å². The van der Waals surface area contributed by atoms with Gasteiger partial charge in [0.05, 0.1) is 25.3 Å². The molecule has 2 unspecified atom stereocenters. The Morgan fingerprint density at radius 2 is 1.49 bits per heavy atom. The number of hydrogen-bond acceptors (Lipinski definition) is 8. The Morgan fingerprint density at radius 1 is 0.898 bits per heavy atom. The van der Waals surface area contributed by atoms with Crippen molar-refractivity contribution in [3.05, 3.63) is 147 Å². The highest BCUT2D eigenvalue weighted by Crippen LogP contribution is 2.61. The molecule has 9 nitrogen and oxygen atoms in total. The molecular formula is C44H52Cl3F2N4O5P. The number of rotatable bonds is 13. The van der Waals surface area contributed by atoms with Gasteiger partial charge in [-0.1, -0.05) is 48.5 Å². The summed E-state index contributed by atoms with van der Waals surface area (Å²) in [5, 5.41) is 18.7. The van der Waals surface area contributed by atoms with Crippen molar-refractivity contribution in [2.24, 2.45) is 4.99 Å². The molecule has 0 aromatic heterocycles. The molecule has 318 valence electrons. The molecule has 0 radical (unpaired) electrons. The number of nitrogens with zero attached hydrogens (tertiary/aromatic N) is 4. The highest BCUT2D eigenvalue weighted by molar-refractivity contribution is 8.24. The number of benzene rings is 4. The average molecular weight is 892 g/mol. The first-order valence-corrected chi connectivity index (χ1v) is 23.5. The van der Waals surface area contributed by atoms with Crippen molar-refractivity contribution in [3.8, 4) is 0 Å². The number of aliphatic hydroxyl groups is 2. The molecule has 2 aliphatic heterocycles. The van der Waals surface area contributed by atoms with Crippen molar-refractivity contribution in [1.82, 2.24) is 9.80 Å². The van der Waals surface area contributed by atoms with E-state index in [2.05, 4.69) is 67.5 Å². The molecule has 0 spiro atoms. The summed E-state index contributed by atoms with van der Waals surface area (Å²) in [6.07, 6.45) is 2.96. The zero-order chi connectivity index (χ0) is 43.6. The highest BCUT2D eigenvalue weighted by Gasteiger charge is 2.41. The molecule has 2 aliphatic rings. The highest BCUT2D eigenvalue weighted by atomic mass is 36.0. The van der Waals surface area contributed by atoms with Gasteiger partial charge in [0, 0.05) is 5.56 Å². The fourth-order valence-corrected chi connectivity index (χ4v) is 7.20. The Kier molecular flexibility index (Phi) is 17.1. The van der Waals surface area contributed by atoms with E-state index in [1.165, 1.54) is 24.3 Å². The Labute approximate surface area is 361 Å². The summed E-state index contributed by atoms with van der Waals surface area (Å²) in [6, 6.07) is 23.7. The molecular weight excluding hydrogens is 840 g/mol. The van der Waals surface area contributed by atoms with Crippen LogP contribution in [0, 0.1) is 18.2 Å². The van der Waals surface area contributed by atoms with Crippen molar-refractivity contribution >= 4 is 50.5 Å². The topological polar surface area (TPSA) is 99.2 Å². The van der Waals surface area contributed by atoms with E-state index in [-0.39, 0.29) is 23.8 Å². The summed E-state index contributed by atoms with van der Waals surface area (Å²) >= 11 is 13.8. The van der Waals surface area contributed by atoms with E-state index in [9.17, 15) is 23.6 Å². The summed E-state index contributed by atoms with van der Waals surface area (Å²) in [7, 11) is 8.06. The van der Waals surface area contributed by atoms with Crippen molar-refractivity contribution in [2.45, 2.75) is 69.5 Å². The van der Waals surface area contributed by atoms with Crippen LogP contribution in [-0.4, -0.2) is 79.3 Å². The molecule has 0 aliphatic carbocycles. The number of halogens is 5. The van der Waals surface area contributed by atoms with Gasteiger partial charge >= 0.3 is 5.20 Å². The van der Waals surface area contributed by atoms with E-state index in [4.69, 9.17) is 16.0 Å². The van der Waals surface area contributed by atoms with Crippen molar-refractivity contribution in [2.75, 3.05) is 47.9 Å². The van der Waals surface area contributed by atoms with Crippen molar-refractivity contribution < 1.29 is 33.0 Å². The van der Waals surface area contributed by atoms with Crippen LogP contribution in [0.1, 0.15) is 78.5 Å². The maximum Gasteiger partial charge on any atom is 0.339 e. The number of ether oxygens (including phenoxy) is 2. The van der Waals surface area contributed by atoms with Crippen LogP contribution in [-0.2, 0) is 38.5 Å². The van der Waals surface area contributed by atoms with Gasteiger partial charge in [0.1, 0.15) is 29.4 Å². The van der Waals surface area contributed by atoms with Gasteiger partial charge in [-0.05, 0) is 184 Å². The molecule has 2 atom stereocenters. The van der Waals surface area contributed by atoms with Crippen molar-refractivity contribution in [1.29, 1.82) is 0 Å². The molecule has 0 bridgehead atoms. The number of aliphatic hydroxyl groups excluding tert-OH is 1. The van der Waals surface area contributed by atoms with E-state index in [0.717, 1.165) is 54.6 Å². The SMILES string of the molecule is CN(C)CCCC(O)(c1ccc(F)cc1)c1ccc(C2=NC(C)(C)CO2)cc1CO.O=P(Cl)(Cl)Cl.[C-]#[N+]c1ccc2c(c1)COC2(CCCN(C)C)c1ccc(F)cc1. The molecule has 2 N–H and O–H groups in total. The Morgan fingerprint density at radius 3 is 2.03 bits per heavy atom. The molecule has 0 saturated heterocycles. The summed E-state index contributed by atoms with van der Waals surface area (Å²) in [6.45, 7) is 13.7. The van der Waals surface area contributed by atoms with Crippen LogP contribution in [0.5, 0.6) is 0 Å². The molecule has 4 aromatic carbocycles. The first-order chi connectivity index (χ1) is 27.7. The first-order valence-electron chi connectivity index (χ1n) is 19.0. The lowest BCUT2D eigenvalue weighted by molar-refractivity contribution is -0.0140. The van der Waals surface area contributed by atoms with Gasteiger partial charge in [-0.2, -0.15) is 0 Å². The van der Waals surface area contributed by atoms with E-state index in [1.807, 2.05) is 76.5 Å². The fraction of sp³-hybridized carbons (Fsp3) is 0.409. The van der Waals surface area contributed by atoms with Gasteiger partial charge < -0.3 is 29.5 Å². The molecule has 0 amide bonds. The van der Waals surface area contributed by atoms with Gasteiger partial charge in [0.15, 0.2) is 5.69 Å². The second kappa shape index (κ2) is 20.9. The zero-order valence-electron chi connectivity index (χ0n) is 34.2. The molecule has 2 heterocycles. The van der Waals surface area contributed by atoms with Crippen molar-refractivity contribution in [3.63, 3.8) is 0 Å². The van der Waals surface area contributed by atoms with Crippen LogP contribution >= 0.6 is 38.9 Å². The molecule has 4 aromatic rings. The molecule has 0 fully saturated rings. The fourth-order valence-electron chi connectivity index (χ4n) is 7.20. The van der Waals surface area contributed by atoms with Crippen LogP contribution in [0.3, 0.4) is 0 Å². The van der Waals surface area contributed by atoms with Crippen LogP contribution in [0.15, 0.2) is 89.9 Å². The molecule has 6 rings (SSSR count). The normalized spacial score (nSPS) is 17.8. The predicted molar refractivity (Wildman–Crippen MR) is 234 cm³/mol. The zero-order valence-corrected chi connectivity index (χ0v) is 37.4. The third-order valence-corrected chi connectivity index (χ3v) is 9.97. The van der Waals surface area contributed by atoms with Gasteiger partial charge in [-0.25, -0.2) is 18.6 Å².